The SMILES string of the molecule is CSCCC(C)N(C)c1cc(C)ncc1C(=O)O. The Hall–Kier alpha value is -1.23. The van der Waals surface area contributed by atoms with E-state index in [1.54, 1.807) is 11.8 Å². The molecule has 18 heavy (non-hydrogen) atoms. The lowest BCUT2D eigenvalue weighted by atomic mass is 10.1. The number of aryl methyl sites for hydroxylation is 1. The fourth-order valence-electron chi connectivity index (χ4n) is 1.72. The molecule has 0 saturated heterocycles. The molecule has 1 aromatic rings. The smallest absolute Gasteiger partial charge is 0.339 e. The lowest BCUT2D eigenvalue weighted by Gasteiger charge is -2.28. The van der Waals surface area contributed by atoms with Crippen LogP contribution in [0.2, 0.25) is 0 Å². The zero-order valence-corrected chi connectivity index (χ0v) is 12.1. The second kappa shape index (κ2) is 6.64. The van der Waals surface area contributed by atoms with E-state index in [-0.39, 0.29) is 5.56 Å². The molecular weight excluding hydrogens is 248 g/mol. The molecule has 1 unspecified atom stereocenters. The van der Waals surface area contributed by atoms with Gasteiger partial charge in [-0.3, -0.25) is 4.98 Å². The van der Waals surface area contributed by atoms with Crippen molar-refractivity contribution in [3.63, 3.8) is 0 Å². The van der Waals surface area contributed by atoms with Gasteiger partial charge < -0.3 is 10.0 Å². The van der Waals surface area contributed by atoms with Crippen molar-refractivity contribution in [2.75, 3.05) is 24.0 Å². The fourth-order valence-corrected chi connectivity index (χ4v) is 2.30. The number of hydrogen-bond acceptors (Lipinski definition) is 4. The molecule has 0 aromatic carbocycles. The van der Waals surface area contributed by atoms with Crippen molar-refractivity contribution in [2.45, 2.75) is 26.3 Å². The number of hydrogen-bond donors (Lipinski definition) is 1. The summed E-state index contributed by atoms with van der Waals surface area (Å²) in [5.74, 6) is 0.138. The molecule has 0 aliphatic rings. The zero-order chi connectivity index (χ0) is 13.7. The van der Waals surface area contributed by atoms with Crippen LogP contribution in [0.1, 0.15) is 29.4 Å². The van der Waals surface area contributed by atoms with Gasteiger partial charge in [0.05, 0.1) is 5.69 Å². The molecule has 5 heteroatoms. The Morgan fingerprint density at radius 3 is 2.83 bits per heavy atom. The highest BCUT2D eigenvalue weighted by Crippen LogP contribution is 2.23. The number of nitrogens with zero attached hydrogens (tertiary/aromatic N) is 2. The van der Waals surface area contributed by atoms with Gasteiger partial charge in [-0.2, -0.15) is 11.8 Å². The zero-order valence-electron chi connectivity index (χ0n) is 11.3. The molecule has 0 spiro atoms. The van der Waals surface area contributed by atoms with Crippen molar-refractivity contribution in [3.05, 3.63) is 23.5 Å². The van der Waals surface area contributed by atoms with Crippen molar-refractivity contribution in [1.29, 1.82) is 0 Å². The van der Waals surface area contributed by atoms with E-state index in [1.165, 1.54) is 6.20 Å². The number of carboxylic acid groups (broad SMARTS) is 1. The van der Waals surface area contributed by atoms with Gasteiger partial charge >= 0.3 is 5.97 Å². The van der Waals surface area contributed by atoms with Gasteiger partial charge in [0.15, 0.2) is 0 Å². The Labute approximate surface area is 112 Å². The van der Waals surface area contributed by atoms with Crippen LogP contribution in [0.15, 0.2) is 12.3 Å². The van der Waals surface area contributed by atoms with Crippen LogP contribution in [-0.2, 0) is 0 Å². The molecule has 1 N–H and O–H groups in total. The predicted octanol–water partition coefficient (Wildman–Crippen LogP) is 2.67. The summed E-state index contributed by atoms with van der Waals surface area (Å²) in [6, 6.07) is 2.14. The quantitative estimate of drug-likeness (QED) is 0.859. The van der Waals surface area contributed by atoms with Crippen LogP contribution in [0, 0.1) is 6.92 Å². The van der Waals surface area contributed by atoms with E-state index < -0.39 is 5.97 Å². The van der Waals surface area contributed by atoms with Crippen LogP contribution < -0.4 is 4.90 Å². The molecule has 0 radical (unpaired) electrons. The standard InChI is InChI=1S/C13H20N2O2S/c1-9-7-12(11(8-14-9)13(16)17)15(3)10(2)5-6-18-4/h7-8,10H,5-6H2,1-4H3,(H,16,17). The van der Waals surface area contributed by atoms with Gasteiger partial charge in [-0.05, 0) is 38.3 Å². The first kappa shape index (κ1) is 14.8. The average molecular weight is 268 g/mol. The van der Waals surface area contributed by atoms with Crippen LogP contribution in [0.3, 0.4) is 0 Å². The summed E-state index contributed by atoms with van der Waals surface area (Å²) in [5.41, 5.74) is 1.83. The highest BCUT2D eigenvalue weighted by atomic mass is 32.2. The molecule has 0 amide bonds. The van der Waals surface area contributed by atoms with Gasteiger partial charge in [0, 0.05) is 25.0 Å². The van der Waals surface area contributed by atoms with Crippen LogP contribution in [0.5, 0.6) is 0 Å². The lowest BCUT2D eigenvalue weighted by Crippen LogP contribution is -2.31. The lowest BCUT2D eigenvalue weighted by molar-refractivity contribution is 0.0697. The topological polar surface area (TPSA) is 53.4 Å². The molecule has 1 rings (SSSR count). The molecular formula is C13H20N2O2S. The van der Waals surface area contributed by atoms with Gasteiger partial charge in [-0.15, -0.1) is 0 Å². The second-order valence-electron chi connectivity index (χ2n) is 4.39. The third-order valence-electron chi connectivity index (χ3n) is 3.03. The van der Waals surface area contributed by atoms with E-state index in [1.807, 2.05) is 24.9 Å². The molecule has 0 fully saturated rings. The van der Waals surface area contributed by atoms with E-state index >= 15 is 0 Å². The predicted molar refractivity (Wildman–Crippen MR) is 76.8 cm³/mol. The molecule has 0 saturated carbocycles. The van der Waals surface area contributed by atoms with Crippen molar-refractivity contribution in [2.24, 2.45) is 0 Å². The van der Waals surface area contributed by atoms with E-state index in [0.29, 0.717) is 6.04 Å². The molecule has 4 nitrogen and oxygen atoms in total. The molecule has 100 valence electrons. The maximum atomic E-state index is 11.2. The number of thioether (sulfide) groups is 1. The Bertz CT molecular complexity index is 423. The van der Waals surface area contributed by atoms with Crippen LogP contribution in [0.25, 0.3) is 0 Å². The van der Waals surface area contributed by atoms with Crippen molar-refractivity contribution in [1.82, 2.24) is 4.98 Å². The monoisotopic (exact) mass is 268 g/mol. The number of pyridine rings is 1. The molecule has 1 aromatic heterocycles. The van der Waals surface area contributed by atoms with Crippen molar-refractivity contribution < 1.29 is 9.90 Å². The Morgan fingerprint density at radius 1 is 1.61 bits per heavy atom. The maximum Gasteiger partial charge on any atom is 0.339 e. The van der Waals surface area contributed by atoms with Gasteiger partial charge in [0.2, 0.25) is 0 Å². The molecule has 0 bridgehead atoms. The third-order valence-corrected chi connectivity index (χ3v) is 3.67. The Morgan fingerprint density at radius 2 is 2.28 bits per heavy atom. The minimum Gasteiger partial charge on any atom is -0.478 e. The number of rotatable bonds is 6. The Balaban J connectivity index is 2.99. The number of carboxylic acids is 1. The van der Waals surface area contributed by atoms with Gasteiger partial charge in [0.1, 0.15) is 5.56 Å². The highest BCUT2D eigenvalue weighted by molar-refractivity contribution is 7.98. The van der Waals surface area contributed by atoms with Crippen molar-refractivity contribution >= 4 is 23.4 Å². The largest absolute Gasteiger partial charge is 0.478 e. The van der Waals surface area contributed by atoms with Crippen LogP contribution >= 0.6 is 11.8 Å². The van der Waals surface area contributed by atoms with Crippen molar-refractivity contribution in [3.8, 4) is 0 Å². The number of aromatic nitrogens is 1. The number of anilines is 1. The second-order valence-corrected chi connectivity index (χ2v) is 5.37. The van der Waals surface area contributed by atoms with Crippen LogP contribution in [-0.4, -0.2) is 41.2 Å². The first-order valence-corrected chi connectivity index (χ1v) is 7.28. The molecule has 0 aliphatic heterocycles. The minimum atomic E-state index is -0.929. The van der Waals surface area contributed by atoms with E-state index in [9.17, 15) is 9.90 Å². The first-order chi connectivity index (χ1) is 8.47. The average Bonchev–Trinajstić information content (AvgIpc) is 2.34. The number of aromatic carboxylic acids is 1. The third kappa shape index (κ3) is 3.63. The normalized spacial score (nSPS) is 12.2. The summed E-state index contributed by atoms with van der Waals surface area (Å²) in [5, 5.41) is 9.19. The summed E-state index contributed by atoms with van der Waals surface area (Å²) >= 11 is 1.80. The fraction of sp³-hybridized carbons (Fsp3) is 0.538. The van der Waals surface area contributed by atoms with Gasteiger partial charge in [0.25, 0.3) is 0 Å². The van der Waals surface area contributed by atoms with E-state index in [4.69, 9.17) is 0 Å². The Kier molecular flexibility index (Phi) is 5.47. The van der Waals surface area contributed by atoms with E-state index in [0.717, 1.165) is 23.6 Å². The maximum absolute atomic E-state index is 11.2. The highest BCUT2D eigenvalue weighted by Gasteiger charge is 2.17. The van der Waals surface area contributed by atoms with Gasteiger partial charge in [-0.1, -0.05) is 0 Å². The summed E-state index contributed by atoms with van der Waals surface area (Å²) in [7, 11) is 1.94. The molecule has 1 heterocycles. The summed E-state index contributed by atoms with van der Waals surface area (Å²) < 4.78 is 0. The van der Waals surface area contributed by atoms with E-state index in [2.05, 4.69) is 18.2 Å². The van der Waals surface area contributed by atoms with Crippen LogP contribution in [0.4, 0.5) is 5.69 Å². The minimum absolute atomic E-state index is 0.263. The molecule has 1 atom stereocenters. The number of carbonyl (C=O) groups is 1. The first-order valence-electron chi connectivity index (χ1n) is 5.89. The van der Waals surface area contributed by atoms with Gasteiger partial charge in [-0.25, -0.2) is 4.79 Å². The summed E-state index contributed by atoms with van der Waals surface area (Å²) in [6.07, 6.45) is 4.54. The summed E-state index contributed by atoms with van der Waals surface area (Å²) in [4.78, 5) is 17.3. The summed E-state index contributed by atoms with van der Waals surface area (Å²) in [6.45, 7) is 3.98. The molecule has 0 aliphatic carbocycles.